The third kappa shape index (κ3) is 3.51. The van der Waals surface area contributed by atoms with E-state index in [0.29, 0.717) is 17.2 Å². The Kier molecular flexibility index (Phi) is 4.97. The first-order valence-corrected chi connectivity index (χ1v) is 11.1. The molecule has 0 bridgehead atoms. The van der Waals surface area contributed by atoms with E-state index in [9.17, 15) is 4.79 Å². The van der Waals surface area contributed by atoms with Crippen molar-refractivity contribution >= 4 is 27.5 Å². The smallest absolute Gasteiger partial charge is 0.255 e. The molecule has 1 aliphatic heterocycles. The maximum atomic E-state index is 13.1. The summed E-state index contributed by atoms with van der Waals surface area (Å²) in [5, 5.41) is 7.80. The second-order valence-corrected chi connectivity index (χ2v) is 8.92. The van der Waals surface area contributed by atoms with Crippen molar-refractivity contribution in [1.82, 2.24) is 15.6 Å². The van der Waals surface area contributed by atoms with Gasteiger partial charge in [-0.05, 0) is 56.0 Å². The molecule has 5 nitrogen and oxygen atoms in total. The largest absolute Gasteiger partial charge is 0.496 e. The average molecular weight is 408 g/mol. The number of fused-ring (bicyclic) bond motifs is 2. The second-order valence-electron chi connectivity index (χ2n) is 7.86. The van der Waals surface area contributed by atoms with E-state index in [4.69, 9.17) is 9.72 Å². The van der Waals surface area contributed by atoms with Crippen LogP contribution in [-0.4, -0.2) is 31.1 Å². The molecule has 2 heterocycles. The highest BCUT2D eigenvalue weighted by Gasteiger charge is 2.26. The monoisotopic (exact) mass is 407 g/mol. The van der Waals surface area contributed by atoms with Crippen molar-refractivity contribution in [3.05, 3.63) is 58.1 Å². The first-order valence-electron chi connectivity index (χ1n) is 10.3. The number of aromatic nitrogens is 1. The van der Waals surface area contributed by atoms with Crippen molar-refractivity contribution in [3.8, 4) is 5.75 Å². The molecule has 1 atom stereocenters. The van der Waals surface area contributed by atoms with Gasteiger partial charge in [0.15, 0.2) is 0 Å². The summed E-state index contributed by atoms with van der Waals surface area (Å²) in [6.45, 7) is 2.08. The quantitative estimate of drug-likeness (QED) is 0.681. The lowest BCUT2D eigenvalue weighted by molar-refractivity contribution is 0.0934. The molecule has 29 heavy (non-hydrogen) atoms. The molecule has 0 unspecified atom stereocenters. The number of amides is 1. The Hall–Kier alpha value is -2.44. The van der Waals surface area contributed by atoms with Crippen molar-refractivity contribution in [3.63, 3.8) is 0 Å². The fourth-order valence-corrected chi connectivity index (χ4v) is 5.66. The van der Waals surface area contributed by atoms with Gasteiger partial charge in [0.05, 0.1) is 33.9 Å². The number of nitrogens with one attached hydrogen (secondary N) is 2. The van der Waals surface area contributed by atoms with Crippen molar-refractivity contribution < 1.29 is 9.53 Å². The fourth-order valence-electron chi connectivity index (χ4n) is 4.51. The number of hydrogen-bond donors (Lipinski definition) is 2. The molecule has 2 aliphatic rings. The number of hydrogen-bond acceptors (Lipinski definition) is 5. The van der Waals surface area contributed by atoms with E-state index in [1.807, 2.05) is 18.2 Å². The average Bonchev–Trinajstić information content (AvgIpc) is 3.37. The van der Waals surface area contributed by atoms with Crippen LogP contribution in [0, 0.1) is 0 Å². The van der Waals surface area contributed by atoms with Gasteiger partial charge in [0.2, 0.25) is 0 Å². The van der Waals surface area contributed by atoms with Crippen molar-refractivity contribution in [2.75, 3.05) is 20.2 Å². The molecule has 1 aromatic heterocycles. The lowest BCUT2D eigenvalue weighted by Crippen LogP contribution is -2.27. The van der Waals surface area contributed by atoms with Gasteiger partial charge in [-0.3, -0.25) is 4.79 Å². The minimum atomic E-state index is -0.0812. The van der Waals surface area contributed by atoms with Crippen LogP contribution in [0.15, 0.2) is 36.4 Å². The Bertz CT molecular complexity index is 1060. The number of piperidine rings is 1. The molecule has 0 saturated carbocycles. The lowest BCUT2D eigenvalue weighted by Gasteiger charge is -2.20. The van der Waals surface area contributed by atoms with Crippen LogP contribution in [0.4, 0.5) is 0 Å². The topological polar surface area (TPSA) is 63.2 Å². The molecule has 1 fully saturated rings. The third-order valence-electron chi connectivity index (χ3n) is 6.10. The van der Waals surface area contributed by atoms with Gasteiger partial charge in [-0.25, -0.2) is 4.98 Å². The number of methoxy groups -OCH3 is 1. The first kappa shape index (κ1) is 18.6. The van der Waals surface area contributed by atoms with Crippen LogP contribution < -0.4 is 15.4 Å². The molecule has 1 saturated heterocycles. The highest BCUT2D eigenvalue weighted by atomic mass is 32.1. The van der Waals surface area contributed by atoms with Gasteiger partial charge in [-0.15, -0.1) is 11.3 Å². The molecular weight excluding hydrogens is 382 g/mol. The summed E-state index contributed by atoms with van der Waals surface area (Å²) < 4.78 is 6.61. The van der Waals surface area contributed by atoms with E-state index in [1.165, 1.54) is 16.1 Å². The summed E-state index contributed by atoms with van der Waals surface area (Å²) in [7, 11) is 1.61. The van der Waals surface area contributed by atoms with Crippen LogP contribution in [0.5, 0.6) is 5.75 Å². The number of thiazole rings is 1. The SMILES string of the molecule is COc1cc2nc(C3CCNCC3)sc2cc1C(=O)N[C@H]1CCc2ccccc21. The van der Waals surface area contributed by atoms with Crippen LogP contribution in [0.25, 0.3) is 10.2 Å². The minimum Gasteiger partial charge on any atom is -0.496 e. The first-order chi connectivity index (χ1) is 14.2. The summed E-state index contributed by atoms with van der Waals surface area (Å²) in [5.74, 6) is 1.01. The van der Waals surface area contributed by atoms with Gasteiger partial charge in [-0.2, -0.15) is 0 Å². The van der Waals surface area contributed by atoms with Gasteiger partial charge in [0.1, 0.15) is 5.75 Å². The predicted octanol–water partition coefficient (Wildman–Crippen LogP) is 4.19. The molecule has 0 radical (unpaired) electrons. The van der Waals surface area contributed by atoms with Gasteiger partial charge in [0.25, 0.3) is 5.91 Å². The van der Waals surface area contributed by atoms with E-state index >= 15 is 0 Å². The van der Waals surface area contributed by atoms with Crippen LogP contribution >= 0.6 is 11.3 Å². The van der Waals surface area contributed by atoms with Gasteiger partial charge in [0, 0.05) is 12.0 Å². The zero-order valence-electron chi connectivity index (χ0n) is 16.5. The summed E-state index contributed by atoms with van der Waals surface area (Å²) in [5.41, 5.74) is 4.06. The molecule has 2 aromatic carbocycles. The third-order valence-corrected chi connectivity index (χ3v) is 7.28. The maximum absolute atomic E-state index is 13.1. The van der Waals surface area contributed by atoms with Crippen LogP contribution in [-0.2, 0) is 6.42 Å². The molecule has 1 aliphatic carbocycles. The van der Waals surface area contributed by atoms with Gasteiger partial charge < -0.3 is 15.4 Å². The van der Waals surface area contributed by atoms with E-state index in [2.05, 4.69) is 28.8 Å². The molecule has 3 aromatic rings. The number of aryl methyl sites for hydroxylation is 1. The number of nitrogens with zero attached hydrogens (tertiary/aromatic N) is 1. The number of benzene rings is 2. The molecular formula is C23H25N3O2S. The normalized spacial score (nSPS) is 19.3. The molecule has 5 rings (SSSR count). The highest BCUT2D eigenvalue weighted by Crippen LogP contribution is 2.36. The fraction of sp³-hybridized carbons (Fsp3) is 0.391. The minimum absolute atomic E-state index is 0.0610. The van der Waals surface area contributed by atoms with Crippen LogP contribution in [0.1, 0.15) is 57.7 Å². The summed E-state index contributed by atoms with van der Waals surface area (Å²) in [6.07, 6.45) is 4.18. The van der Waals surface area contributed by atoms with Crippen molar-refractivity contribution in [1.29, 1.82) is 0 Å². The van der Waals surface area contributed by atoms with E-state index in [-0.39, 0.29) is 11.9 Å². The molecule has 1 amide bonds. The van der Waals surface area contributed by atoms with E-state index in [0.717, 1.165) is 49.0 Å². The summed E-state index contributed by atoms with van der Waals surface area (Å²) >= 11 is 1.71. The maximum Gasteiger partial charge on any atom is 0.255 e. The van der Waals surface area contributed by atoms with Crippen molar-refractivity contribution in [2.45, 2.75) is 37.6 Å². The molecule has 150 valence electrons. The zero-order valence-corrected chi connectivity index (χ0v) is 17.3. The summed E-state index contributed by atoms with van der Waals surface area (Å²) in [6, 6.07) is 12.3. The number of ether oxygens (including phenoxy) is 1. The van der Waals surface area contributed by atoms with Gasteiger partial charge in [-0.1, -0.05) is 24.3 Å². The Morgan fingerprint density at radius 1 is 1.21 bits per heavy atom. The predicted molar refractivity (Wildman–Crippen MR) is 116 cm³/mol. The standard InChI is InChI=1S/C23H25N3O2S/c1-28-20-13-19-21(29-23(26-19)15-8-10-24-11-9-15)12-17(20)22(27)25-18-7-6-14-4-2-3-5-16(14)18/h2-5,12-13,15,18,24H,6-11H2,1H3,(H,25,27)/t18-/m0/s1. The van der Waals surface area contributed by atoms with E-state index in [1.54, 1.807) is 18.4 Å². The van der Waals surface area contributed by atoms with Crippen LogP contribution in [0.2, 0.25) is 0 Å². The Morgan fingerprint density at radius 2 is 2.03 bits per heavy atom. The second kappa shape index (κ2) is 7.76. The lowest BCUT2D eigenvalue weighted by atomic mass is 9.99. The Balaban J connectivity index is 1.43. The number of rotatable bonds is 4. The molecule has 2 N–H and O–H groups in total. The highest BCUT2D eigenvalue weighted by molar-refractivity contribution is 7.18. The Morgan fingerprint density at radius 3 is 2.86 bits per heavy atom. The van der Waals surface area contributed by atoms with Crippen LogP contribution in [0.3, 0.4) is 0 Å². The Labute approximate surface area is 174 Å². The van der Waals surface area contributed by atoms with Gasteiger partial charge >= 0.3 is 0 Å². The van der Waals surface area contributed by atoms with Crippen molar-refractivity contribution in [2.24, 2.45) is 0 Å². The molecule has 6 heteroatoms. The van der Waals surface area contributed by atoms with E-state index < -0.39 is 0 Å². The number of carbonyl (C=O) groups excluding carboxylic acids is 1. The molecule has 0 spiro atoms. The number of carbonyl (C=O) groups is 1. The summed E-state index contributed by atoms with van der Waals surface area (Å²) in [4.78, 5) is 18.0. The zero-order chi connectivity index (χ0) is 19.8.